The zero-order valence-electron chi connectivity index (χ0n) is 10.6. The molecule has 0 amide bonds. The molecule has 0 atom stereocenters. The molecule has 0 radical (unpaired) electrons. The van der Waals surface area contributed by atoms with Crippen LogP contribution in [0.25, 0.3) is 0 Å². The second-order valence-electron chi connectivity index (χ2n) is 4.27. The van der Waals surface area contributed by atoms with E-state index in [-0.39, 0.29) is 5.56 Å². The molecule has 0 saturated heterocycles. The highest BCUT2D eigenvalue weighted by atomic mass is 79.9. The third kappa shape index (κ3) is 2.93. The summed E-state index contributed by atoms with van der Waals surface area (Å²) in [7, 11) is 0. The summed E-state index contributed by atoms with van der Waals surface area (Å²) in [5, 5.41) is 12.3. The second kappa shape index (κ2) is 5.40. The van der Waals surface area contributed by atoms with Gasteiger partial charge in [0.25, 0.3) is 0 Å². The van der Waals surface area contributed by atoms with Gasteiger partial charge in [0, 0.05) is 22.6 Å². The van der Waals surface area contributed by atoms with Crippen molar-refractivity contribution in [2.75, 3.05) is 5.32 Å². The van der Waals surface area contributed by atoms with Crippen molar-refractivity contribution in [2.45, 2.75) is 13.8 Å². The highest BCUT2D eigenvalue weighted by Crippen LogP contribution is 2.29. The largest absolute Gasteiger partial charge is 0.478 e. The van der Waals surface area contributed by atoms with Crippen LogP contribution in [0.4, 0.5) is 11.4 Å². The Hall–Kier alpha value is -1.88. The molecular weight excluding hydrogens is 308 g/mol. The van der Waals surface area contributed by atoms with Crippen molar-refractivity contribution in [3.05, 3.63) is 51.8 Å². The number of nitrogens with one attached hydrogen (secondary N) is 1. The first-order valence-electron chi connectivity index (χ1n) is 5.70. The maximum Gasteiger partial charge on any atom is 0.339 e. The molecular formula is C14H13BrN2O2. The van der Waals surface area contributed by atoms with E-state index >= 15 is 0 Å². The van der Waals surface area contributed by atoms with Crippen LogP contribution in [0.15, 0.2) is 35.1 Å². The Morgan fingerprint density at radius 3 is 2.53 bits per heavy atom. The molecule has 2 aromatic rings. The van der Waals surface area contributed by atoms with E-state index in [0.717, 1.165) is 21.3 Å². The standard InChI is InChI=1S/C14H13BrN2O2/c1-8-5-10(15)6-9(2)13(8)17-12-3-4-16-7-11(12)14(18)19/h3-7H,1-2H3,(H,16,17)(H,18,19). The number of aromatic nitrogens is 1. The number of rotatable bonds is 3. The van der Waals surface area contributed by atoms with Gasteiger partial charge >= 0.3 is 5.97 Å². The van der Waals surface area contributed by atoms with Gasteiger partial charge in [-0.05, 0) is 43.2 Å². The number of pyridine rings is 1. The fourth-order valence-electron chi connectivity index (χ4n) is 1.92. The molecule has 2 N–H and O–H groups in total. The summed E-state index contributed by atoms with van der Waals surface area (Å²) in [4.78, 5) is 15.0. The summed E-state index contributed by atoms with van der Waals surface area (Å²) < 4.78 is 1.00. The molecule has 4 nitrogen and oxygen atoms in total. The van der Waals surface area contributed by atoms with Crippen LogP contribution in [-0.4, -0.2) is 16.1 Å². The number of carbonyl (C=O) groups is 1. The Morgan fingerprint density at radius 2 is 1.95 bits per heavy atom. The highest BCUT2D eigenvalue weighted by Gasteiger charge is 2.12. The third-order valence-electron chi connectivity index (χ3n) is 2.81. The fraction of sp³-hybridized carbons (Fsp3) is 0.143. The van der Waals surface area contributed by atoms with Gasteiger partial charge in [-0.2, -0.15) is 0 Å². The Kier molecular flexibility index (Phi) is 3.85. The molecule has 0 aliphatic rings. The second-order valence-corrected chi connectivity index (χ2v) is 5.18. The van der Waals surface area contributed by atoms with Crippen LogP contribution in [0, 0.1) is 13.8 Å². The number of carboxylic acid groups (broad SMARTS) is 1. The molecule has 1 aromatic carbocycles. The van der Waals surface area contributed by atoms with E-state index in [0.29, 0.717) is 5.69 Å². The number of carboxylic acids is 1. The smallest absolute Gasteiger partial charge is 0.339 e. The van der Waals surface area contributed by atoms with E-state index in [2.05, 4.69) is 26.2 Å². The minimum atomic E-state index is -0.997. The lowest BCUT2D eigenvalue weighted by molar-refractivity contribution is 0.0697. The van der Waals surface area contributed by atoms with Gasteiger partial charge in [0.05, 0.1) is 5.69 Å². The molecule has 0 saturated carbocycles. The molecule has 1 heterocycles. The number of aryl methyl sites for hydroxylation is 2. The topological polar surface area (TPSA) is 62.2 Å². The van der Waals surface area contributed by atoms with Gasteiger partial charge in [-0.3, -0.25) is 4.98 Å². The van der Waals surface area contributed by atoms with E-state index in [1.165, 1.54) is 6.20 Å². The Labute approximate surface area is 119 Å². The molecule has 19 heavy (non-hydrogen) atoms. The van der Waals surface area contributed by atoms with Gasteiger partial charge < -0.3 is 10.4 Å². The van der Waals surface area contributed by atoms with Crippen molar-refractivity contribution >= 4 is 33.3 Å². The average molecular weight is 321 g/mol. The molecule has 98 valence electrons. The normalized spacial score (nSPS) is 10.3. The van der Waals surface area contributed by atoms with Gasteiger partial charge in [0.1, 0.15) is 5.56 Å². The van der Waals surface area contributed by atoms with Crippen LogP contribution in [0.1, 0.15) is 21.5 Å². The van der Waals surface area contributed by atoms with Crippen molar-refractivity contribution < 1.29 is 9.90 Å². The summed E-state index contributed by atoms with van der Waals surface area (Å²) >= 11 is 3.44. The monoisotopic (exact) mass is 320 g/mol. The molecule has 1 aromatic heterocycles. The first-order valence-corrected chi connectivity index (χ1v) is 6.49. The highest BCUT2D eigenvalue weighted by molar-refractivity contribution is 9.10. The van der Waals surface area contributed by atoms with Crippen molar-refractivity contribution in [3.63, 3.8) is 0 Å². The summed E-state index contributed by atoms with van der Waals surface area (Å²) in [6, 6.07) is 5.62. The lowest BCUT2D eigenvalue weighted by Gasteiger charge is -2.14. The van der Waals surface area contributed by atoms with Crippen LogP contribution in [0.2, 0.25) is 0 Å². The molecule has 0 aliphatic heterocycles. The number of halogens is 1. The first kappa shape index (κ1) is 13.5. The minimum Gasteiger partial charge on any atom is -0.478 e. The summed E-state index contributed by atoms with van der Waals surface area (Å²) in [5.74, 6) is -0.997. The van der Waals surface area contributed by atoms with Gasteiger partial charge in [0.15, 0.2) is 0 Å². The first-order chi connectivity index (χ1) is 8.99. The Bertz CT molecular complexity index is 618. The zero-order chi connectivity index (χ0) is 14.0. The number of anilines is 2. The molecule has 2 rings (SSSR count). The van der Waals surface area contributed by atoms with E-state index in [9.17, 15) is 4.79 Å². The summed E-state index contributed by atoms with van der Waals surface area (Å²) in [6.45, 7) is 3.95. The number of nitrogens with zero attached hydrogens (tertiary/aromatic N) is 1. The van der Waals surface area contributed by atoms with Crippen molar-refractivity contribution in [2.24, 2.45) is 0 Å². The molecule has 0 bridgehead atoms. The SMILES string of the molecule is Cc1cc(Br)cc(C)c1Nc1ccncc1C(=O)O. The summed E-state index contributed by atoms with van der Waals surface area (Å²) in [6.07, 6.45) is 2.91. The summed E-state index contributed by atoms with van der Waals surface area (Å²) in [5.41, 5.74) is 3.69. The van der Waals surface area contributed by atoms with Gasteiger partial charge in [0.2, 0.25) is 0 Å². The van der Waals surface area contributed by atoms with E-state index < -0.39 is 5.97 Å². The molecule has 0 fully saturated rings. The number of hydrogen-bond acceptors (Lipinski definition) is 3. The van der Waals surface area contributed by atoms with E-state index in [1.807, 2.05) is 26.0 Å². The zero-order valence-corrected chi connectivity index (χ0v) is 12.2. The van der Waals surface area contributed by atoms with Crippen LogP contribution in [0.5, 0.6) is 0 Å². The Morgan fingerprint density at radius 1 is 1.32 bits per heavy atom. The lowest BCUT2D eigenvalue weighted by Crippen LogP contribution is -2.05. The van der Waals surface area contributed by atoms with E-state index in [4.69, 9.17) is 5.11 Å². The van der Waals surface area contributed by atoms with Gasteiger partial charge in [-0.1, -0.05) is 15.9 Å². The molecule has 0 aliphatic carbocycles. The van der Waals surface area contributed by atoms with Crippen LogP contribution < -0.4 is 5.32 Å². The fourth-order valence-corrected chi connectivity index (χ4v) is 2.60. The lowest BCUT2D eigenvalue weighted by atomic mass is 10.1. The number of hydrogen-bond donors (Lipinski definition) is 2. The van der Waals surface area contributed by atoms with Crippen molar-refractivity contribution in [3.8, 4) is 0 Å². The number of aromatic carboxylic acids is 1. The van der Waals surface area contributed by atoms with Gasteiger partial charge in [-0.15, -0.1) is 0 Å². The van der Waals surface area contributed by atoms with Crippen molar-refractivity contribution in [1.82, 2.24) is 4.98 Å². The van der Waals surface area contributed by atoms with Crippen LogP contribution in [-0.2, 0) is 0 Å². The van der Waals surface area contributed by atoms with Crippen LogP contribution >= 0.6 is 15.9 Å². The van der Waals surface area contributed by atoms with Crippen LogP contribution in [0.3, 0.4) is 0 Å². The van der Waals surface area contributed by atoms with E-state index in [1.54, 1.807) is 12.3 Å². The maximum absolute atomic E-state index is 11.1. The quantitative estimate of drug-likeness (QED) is 0.900. The predicted octanol–water partition coefficient (Wildman–Crippen LogP) is 3.90. The Balaban J connectivity index is 2.45. The maximum atomic E-state index is 11.1. The average Bonchev–Trinajstić information content (AvgIpc) is 2.34. The molecule has 5 heteroatoms. The molecule has 0 spiro atoms. The number of benzene rings is 1. The third-order valence-corrected chi connectivity index (χ3v) is 3.27. The minimum absolute atomic E-state index is 0.157. The van der Waals surface area contributed by atoms with Crippen molar-refractivity contribution in [1.29, 1.82) is 0 Å². The molecule has 0 unspecified atom stereocenters. The van der Waals surface area contributed by atoms with Gasteiger partial charge in [-0.25, -0.2) is 4.79 Å². The predicted molar refractivity (Wildman–Crippen MR) is 78.1 cm³/mol.